The van der Waals surface area contributed by atoms with Gasteiger partial charge in [-0.25, -0.2) is 8.42 Å². The van der Waals surface area contributed by atoms with Gasteiger partial charge < -0.3 is 0 Å². The zero-order valence-corrected chi connectivity index (χ0v) is 15.8. The second-order valence-electron chi connectivity index (χ2n) is 6.55. The van der Waals surface area contributed by atoms with Crippen LogP contribution in [-0.4, -0.2) is 19.3 Å². The number of rotatable bonds is 3. The number of sulfonamides is 1. The Morgan fingerprint density at radius 3 is 2.21 bits per heavy atom. The summed E-state index contributed by atoms with van der Waals surface area (Å²) in [5.41, 5.74) is 3.71. The van der Waals surface area contributed by atoms with Crippen molar-refractivity contribution in [1.82, 2.24) is 4.31 Å². The SMILES string of the molecule is Cc1cc(C)c(S(=O)(=O)N2CCC[C@H]2c2ccc(Cl)cc2)c(C)c1. The maximum atomic E-state index is 13.3. The van der Waals surface area contributed by atoms with Gasteiger partial charge in [0, 0.05) is 11.6 Å². The Morgan fingerprint density at radius 2 is 1.62 bits per heavy atom. The third-order valence-electron chi connectivity index (χ3n) is 4.63. The number of halogens is 1. The molecule has 0 unspecified atom stereocenters. The fraction of sp³-hybridized carbons (Fsp3) is 0.368. The average molecular weight is 364 g/mol. The summed E-state index contributed by atoms with van der Waals surface area (Å²) >= 11 is 5.97. The highest BCUT2D eigenvalue weighted by Gasteiger charge is 2.37. The minimum absolute atomic E-state index is 0.118. The summed E-state index contributed by atoms with van der Waals surface area (Å²) in [4.78, 5) is 0.453. The monoisotopic (exact) mass is 363 g/mol. The molecule has 128 valence electrons. The Balaban J connectivity index is 2.04. The first-order valence-electron chi connectivity index (χ1n) is 8.16. The third kappa shape index (κ3) is 3.10. The molecule has 1 saturated heterocycles. The smallest absolute Gasteiger partial charge is 0.207 e. The first-order valence-corrected chi connectivity index (χ1v) is 9.97. The molecule has 0 spiro atoms. The summed E-state index contributed by atoms with van der Waals surface area (Å²) in [6.07, 6.45) is 1.71. The number of hydrogen-bond acceptors (Lipinski definition) is 2. The minimum Gasteiger partial charge on any atom is -0.207 e. The van der Waals surface area contributed by atoms with Crippen molar-refractivity contribution in [2.24, 2.45) is 0 Å². The van der Waals surface area contributed by atoms with Gasteiger partial charge in [-0.2, -0.15) is 4.31 Å². The minimum atomic E-state index is -3.52. The van der Waals surface area contributed by atoms with Crippen molar-refractivity contribution in [3.8, 4) is 0 Å². The predicted octanol–water partition coefficient (Wildman–Crippen LogP) is 4.79. The van der Waals surface area contributed by atoms with Crippen molar-refractivity contribution in [2.45, 2.75) is 44.6 Å². The van der Waals surface area contributed by atoms with Crippen LogP contribution in [0.5, 0.6) is 0 Å². The molecular weight excluding hydrogens is 342 g/mol. The zero-order valence-electron chi connectivity index (χ0n) is 14.2. The van der Waals surface area contributed by atoms with E-state index < -0.39 is 10.0 Å². The van der Waals surface area contributed by atoms with E-state index in [0.29, 0.717) is 16.5 Å². The molecule has 24 heavy (non-hydrogen) atoms. The molecule has 1 aliphatic heterocycles. The Kier molecular flexibility index (Phi) is 4.73. The van der Waals surface area contributed by atoms with Gasteiger partial charge in [-0.3, -0.25) is 0 Å². The molecule has 1 fully saturated rings. The van der Waals surface area contributed by atoms with Gasteiger partial charge in [-0.05, 0) is 62.4 Å². The molecule has 1 atom stereocenters. The van der Waals surface area contributed by atoms with E-state index in [4.69, 9.17) is 11.6 Å². The molecule has 2 aromatic carbocycles. The van der Waals surface area contributed by atoms with Gasteiger partial charge in [0.2, 0.25) is 10.0 Å². The van der Waals surface area contributed by atoms with Crippen LogP contribution in [0.4, 0.5) is 0 Å². The lowest BCUT2D eigenvalue weighted by Crippen LogP contribution is -2.31. The van der Waals surface area contributed by atoms with Crippen molar-refractivity contribution >= 4 is 21.6 Å². The van der Waals surface area contributed by atoms with E-state index in [-0.39, 0.29) is 6.04 Å². The summed E-state index contributed by atoms with van der Waals surface area (Å²) < 4.78 is 28.3. The second kappa shape index (κ2) is 6.51. The second-order valence-corrected chi connectivity index (χ2v) is 8.82. The van der Waals surface area contributed by atoms with Crippen molar-refractivity contribution in [3.05, 3.63) is 63.7 Å². The fourth-order valence-electron chi connectivity index (χ4n) is 3.74. The molecule has 0 bridgehead atoms. The highest BCUT2D eigenvalue weighted by atomic mass is 35.5. The van der Waals surface area contributed by atoms with Crippen molar-refractivity contribution < 1.29 is 8.42 Å². The van der Waals surface area contributed by atoms with Gasteiger partial charge in [0.15, 0.2) is 0 Å². The maximum Gasteiger partial charge on any atom is 0.244 e. The van der Waals surface area contributed by atoms with E-state index in [9.17, 15) is 8.42 Å². The first kappa shape index (κ1) is 17.5. The standard InChI is InChI=1S/C19H22ClNO2S/c1-13-11-14(2)19(15(3)12-13)24(22,23)21-10-4-5-18(21)16-6-8-17(20)9-7-16/h6-9,11-12,18H,4-5,10H2,1-3H3/t18-/m0/s1. The van der Waals surface area contributed by atoms with E-state index in [1.165, 1.54) is 0 Å². The lowest BCUT2D eigenvalue weighted by molar-refractivity contribution is 0.396. The van der Waals surface area contributed by atoms with Gasteiger partial charge in [-0.1, -0.05) is 41.4 Å². The molecule has 2 aromatic rings. The van der Waals surface area contributed by atoms with Crippen molar-refractivity contribution in [2.75, 3.05) is 6.54 Å². The van der Waals surface area contributed by atoms with Crippen LogP contribution in [-0.2, 0) is 10.0 Å². The summed E-state index contributed by atoms with van der Waals surface area (Å²) in [6, 6.07) is 11.3. The largest absolute Gasteiger partial charge is 0.244 e. The lowest BCUT2D eigenvalue weighted by atomic mass is 10.1. The number of hydrogen-bond donors (Lipinski definition) is 0. The van der Waals surface area contributed by atoms with Crippen LogP contribution < -0.4 is 0 Å². The van der Waals surface area contributed by atoms with Gasteiger partial charge in [0.25, 0.3) is 0 Å². The Hall–Kier alpha value is -1.36. The molecule has 0 N–H and O–H groups in total. The quantitative estimate of drug-likeness (QED) is 0.786. The van der Waals surface area contributed by atoms with Gasteiger partial charge in [0.1, 0.15) is 0 Å². The molecular formula is C19H22ClNO2S. The highest BCUT2D eigenvalue weighted by Crippen LogP contribution is 2.38. The first-order chi connectivity index (χ1) is 11.3. The van der Waals surface area contributed by atoms with Crippen LogP contribution in [0.3, 0.4) is 0 Å². The summed E-state index contributed by atoms with van der Waals surface area (Å²) in [5.74, 6) is 0. The fourth-order valence-corrected chi connectivity index (χ4v) is 5.96. The van der Waals surface area contributed by atoms with Gasteiger partial charge >= 0.3 is 0 Å². The molecule has 1 aliphatic rings. The van der Waals surface area contributed by atoms with Crippen LogP contribution in [0.25, 0.3) is 0 Å². The van der Waals surface area contributed by atoms with E-state index >= 15 is 0 Å². The van der Waals surface area contributed by atoms with Gasteiger partial charge in [-0.15, -0.1) is 0 Å². The lowest BCUT2D eigenvalue weighted by Gasteiger charge is -2.26. The van der Waals surface area contributed by atoms with Crippen LogP contribution in [0.2, 0.25) is 5.02 Å². The summed E-state index contributed by atoms with van der Waals surface area (Å²) in [7, 11) is -3.52. The number of nitrogens with zero attached hydrogens (tertiary/aromatic N) is 1. The summed E-state index contributed by atoms with van der Waals surface area (Å²) in [5, 5.41) is 0.663. The van der Waals surface area contributed by atoms with Gasteiger partial charge in [0.05, 0.1) is 10.9 Å². The molecule has 0 saturated carbocycles. The number of aryl methyl sites for hydroxylation is 3. The summed E-state index contributed by atoms with van der Waals surface area (Å²) in [6.45, 7) is 6.30. The molecule has 0 aromatic heterocycles. The van der Waals surface area contributed by atoms with E-state index in [1.807, 2.05) is 57.2 Å². The molecule has 5 heteroatoms. The topological polar surface area (TPSA) is 37.4 Å². The zero-order chi connectivity index (χ0) is 17.5. The normalized spacial score (nSPS) is 18.9. The van der Waals surface area contributed by atoms with E-state index in [1.54, 1.807) is 4.31 Å². The molecule has 3 rings (SSSR count). The Labute approximate surface area is 149 Å². The van der Waals surface area contributed by atoms with Crippen LogP contribution in [0, 0.1) is 20.8 Å². The van der Waals surface area contributed by atoms with Crippen molar-refractivity contribution in [3.63, 3.8) is 0 Å². The predicted molar refractivity (Wildman–Crippen MR) is 98.0 cm³/mol. The maximum absolute atomic E-state index is 13.3. The van der Waals surface area contributed by atoms with Crippen LogP contribution in [0.15, 0.2) is 41.3 Å². The number of benzene rings is 2. The molecule has 0 radical (unpaired) electrons. The molecule has 1 heterocycles. The molecule has 3 nitrogen and oxygen atoms in total. The third-order valence-corrected chi connectivity index (χ3v) is 7.10. The van der Waals surface area contributed by atoms with Crippen LogP contribution in [0.1, 0.15) is 41.1 Å². The molecule has 0 amide bonds. The Bertz CT molecular complexity index is 836. The van der Waals surface area contributed by atoms with Crippen LogP contribution >= 0.6 is 11.6 Å². The van der Waals surface area contributed by atoms with E-state index in [2.05, 4.69) is 0 Å². The molecule has 0 aliphatic carbocycles. The van der Waals surface area contributed by atoms with E-state index in [0.717, 1.165) is 35.1 Å². The van der Waals surface area contributed by atoms with Crippen molar-refractivity contribution in [1.29, 1.82) is 0 Å². The average Bonchev–Trinajstić information content (AvgIpc) is 2.96. The Morgan fingerprint density at radius 1 is 1.04 bits per heavy atom. The highest BCUT2D eigenvalue weighted by molar-refractivity contribution is 7.89.